The van der Waals surface area contributed by atoms with Crippen molar-refractivity contribution in [1.82, 2.24) is 0 Å². The molecule has 1 fully saturated rings. The van der Waals surface area contributed by atoms with E-state index in [4.69, 9.17) is 25.6 Å². The Morgan fingerprint density at radius 1 is 1.18 bits per heavy atom. The maximum Gasteiger partial charge on any atom is 0 e. The predicted molar refractivity (Wildman–Crippen MR) is 56.4 cm³/mol. The molecule has 0 amide bonds. The van der Waals surface area contributed by atoms with Gasteiger partial charge in [0.2, 0.25) is 0 Å². The zero-order chi connectivity index (χ0) is 13.4. The maximum absolute atomic E-state index is 7.50. The van der Waals surface area contributed by atoms with Gasteiger partial charge in [-0.25, -0.2) is 0 Å². The van der Waals surface area contributed by atoms with Gasteiger partial charge in [-0.2, -0.15) is 0 Å². The maximum atomic E-state index is 7.50. The molecule has 0 N–H and O–H groups in total. The molecule has 1 aliphatic carbocycles. The van der Waals surface area contributed by atoms with Gasteiger partial charge in [0.15, 0.2) is 0 Å². The zero-order valence-electron chi connectivity index (χ0n) is 8.86. The Bertz CT molecular complexity index is 199. The standard InChI is InChI=1S/C9H10Cl.3CO.Mn/c1-2-5-8-6-3-4-7-9(8)10;3*1-2;/h2-4,6-8H,1,5H2;;;;. The normalized spacial score (nSPS) is 17.0. The van der Waals surface area contributed by atoms with Crippen LogP contribution in [0.2, 0.25) is 0 Å². The van der Waals surface area contributed by atoms with Gasteiger partial charge in [-0.05, 0) is 38.0 Å². The molecule has 0 aromatic carbocycles. The third kappa shape index (κ3) is 15.8. The molecule has 17 heavy (non-hydrogen) atoms. The van der Waals surface area contributed by atoms with Crippen LogP contribution in [0.5, 0.6) is 0 Å². The summed E-state index contributed by atoms with van der Waals surface area (Å²) in [6.45, 7) is 17.2. The third-order valence-corrected chi connectivity index (χ3v) is 1.89. The van der Waals surface area contributed by atoms with Crippen LogP contribution in [-0.2, 0) is 31.0 Å². The first-order valence-electron chi connectivity index (χ1n) is 3.94. The summed E-state index contributed by atoms with van der Waals surface area (Å²) in [7, 11) is 0. The predicted octanol–water partition coefficient (Wildman–Crippen LogP) is 2.67. The van der Waals surface area contributed by atoms with Gasteiger partial charge >= 0.3 is 33.9 Å². The molecule has 0 spiro atoms. The fourth-order valence-corrected chi connectivity index (χ4v) is 1.17. The number of allylic oxidation sites excluding steroid dienone is 1. The van der Waals surface area contributed by atoms with Gasteiger partial charge in [-0.3, -0.25) is 0 Å². The van der Waals surface area contributed by atoms with Gasteiger partial charge in [0.1, 0.15) is 0 Å². The molecule has 3 nitrogen and oxygen atoms in total. The molecule has 0 bridgehead atoms. The SMILES string of the molecule is C=CCC1[CH][CH][CH][CH][C]1Cl.[C-]#[O+].[C-]#[O+].[C-]#[O+].[Mn]. The molecule has 1 saturated carbocycles. The average molecular weight is 293 g/mol. The van der Waals surface area contributed by atoms with E-state index in [9.17, 15) is 0 Å². The van der Waals surface area contributed by atoms with Crippen LogP contribution in [-0.4, -0.2) is 0 Å². The second kappa shape index (κ2) is 24.8. The van der Waals surface area contributed by atoms with Crippen LogP contribution in [0.3, 0.4) is 0 Å². The van der Waals surface area contributed by atoms with Crippen LogP contribution < -0.4 is 0 Å². The molecule has 0 heterocycles. The van der Waals surface area contributed by atoms with Crippen molar-refractivity contribution in [3.8, 4) is 0 Å². The fourth-order valence-electron chi connectivity index (χ4n) is 0.932. The second-order valence-corrected chi connectivity index (χ2v) is 2.70. The van der Waals surface area contributed by atoms with E-state index in [0.717, 1.165) is 11.8 Å². The molecular weight excluding hydrogens is 283 g/mol. The zero-order valence-corrected chi connectivity index (χ0v) is 10.8. The molecule has 0 aliphatic heterocycles. The van der Waals surface area contributed by atoms with Crippen molar-refractivity contribution in [2.24, 2.45) is 5.92 Å². The number of rotatable bonds is 2. The van der Waals surface area contributed by atoms with Crippen molar-refractivity contribution < 1.29 is 31.0 Å². The van der Waals surface area contributed by atoms with Crippen molar-refractivity contribution in [2.45, 2.75) is 6.42 Å². The van der Waals surface area contributed by atoms with Gasteiger partial charge in [0.05, 0.1) is 5.38 Å². The molecule has 90 valence electrons. The number of hydrogen-bond acceptors (Lipinski definition) is 0. The number of halogens is 1. The van der Waals surface area contributed by atoms with Gasteiger partial charge in [-0.1, -0.05) is 6.08 Å². The van der Waals surface area contributed by atoms with Crippen LogP contribution in [0.25, 0.3) is 0 Å². The average Bonchev–Trinajstić information content (AvgIpc) is 2.40. The Kier molecular flexibility index (Phi) is 37.4. The van der Waals surface area contributed by atoms with Gasteiger partial charge in [0, 0.05) is 17.1 Å². The minimum absolute atomic E-state index is 0. The largest absolute Gasteiger partial charge is 0 e. The van der Waals surface area contributed by atoms with Crippen LogP contribution in [0.4, 0.5) is 0 Å². The summed E-state index contributed by atoms with van der Waals surface area (Å²) in [6, 6.07) is 0. The molecule has 0 aromatic rings. The minimum Gasteiger partial charge on any atom is 0 e. The summed E-state index contributed by atoms with van der Waals surface area (Å²) in [5.74, 6) is 0.365. The molecule has 1 unspecified atom stereocenters. The molecule has 6 radical (unpaired) electrons. The Labute approximate surface area is 119 Å². The van der Waals surface area contributed by atoms with E-state index in [1.54, 1.807) is 0 Å². The van der Waals surface area contributed by atoms with E-state index < -0.39 is 0 Å². The first-order valence-corrected chi connectivity index (χ1v) is 4.31. The van der Waals surface area contributed by atoms with Gasteiger partial charge in [-0.15, -0.1) is 18.2 Å². The summed E-state index contributed by atoms with van der Waals surface area (Å²) in [4.78, 5) is 0. The van der Waals surface area contributed by atoms with Crippen molar-refractivity contribution in [2.75, 3.05) is 0 Å². The monoisotopic (exact) mass is 292 g/mol. The topological polar surface area (TPSA) is 59.7 Å². The van der Waals surface area contributed by atoms with E-state index in [1.807, 2.05) is 25.3 Å². The first-order chi connectivity index (χ1) is 7.84. The van der Waals surface area contributed by atoms with E-state index in [1.165, 1.54) is 0 Å². The molecular formula is C12H10ClMnO3. The summed E-state index contributed by atoms with van der Waals surface area (Å²) in [6.07, 6.45) is 10.8. The van der Waals surface area contributed by atoms with E-state index in [2.05, 4.69) is 33.0 Å². The Hall–Kier alpha value is -0.231. The first kappa shape index (κ1) is 25.6. The molecule has 1 rings (SSSR count). The summed E-state index contributed by atoms with van der Waals surface area (Å²) in [5.41, 5.74) is 0. The molecule has 0 aromatic heterocycles. The van der Waals surface area contributed by atoms with Crippen LogP contribution in [0, 0.1) is 56.9 Å². The van der Waals surface area contributed by atoms with Crippen LogP contribution in [0.15, 0.2) is 12.7 Å². The molecule has 5 heteroatoms. The van der Waals surface area contributed by atoms with Crippen molar-refractivity contribution >= 4 is 11.6 Å². The summed E-state index contributed by atoms with van der Waals surface area (Å²) in [5, 5.41) is 0.905. The smallest absolute Gasteiger partial charge is 0 e. The van der Waals surface area contributed by atoms with Crippen LogP contribution in [0.1, 0.15) is 6.42 Å². The second-order valence-electron chi connectivity index (χ2n) is 2.26. The number of hydrogen-bond donors (Lipinski definition) is 0. The fraction of sp³-hybridized carbons (Fsp3) is 0.167. The minimum atomic E-state index is 0. The van der Waals surface area contributed by atoms with Gasteiger partial charge < -0.3 is 0 Å². The Balaban J connectivity index is -0.000000106. The van der Waals surface area contributed by atoms with Crippen LogP contribution >= 0.6 is 11.6 Å². The summed E-state index contributed by atoms with van der Waals surface area (Å²) >= 11 is 5.89. The van der Waals surface area contributed by atoms with E-state index in [0.29, 0.717) is 5.92 Å². The quantitative estimate of drug-likeness (QED) is 0.325. The van der Waals surface area contributed by atoms with Crippen molar-refractivity contribution in [3.63, 3.8) is 0 Å². The van der Waals surface area contributed by atoms with E-state index >= 15 is 0 Å². The van der Waals surface area contributed by atoms with Gasteiger partial charge in [0.25, 0.3) is 0 Å². The Morgan fingerprint density at radius 2 is 1.65 bits per heavy atom. The molecule has 1 aliphatic rings. The molecule has 1 atom stereocenters. The summed E-state index contributed by atoms with van der Waals surface area (Å²) < 4.78 is 22.5. The van der Waals surface area contributed by atoms with E-state index in [-0.39, 0.29) is 17.1 Å². The molecule has 0 saturated heterocycles. The van der Waals surface area contributed by atoms with Crippen molar-refractivity contribution in [3.05, 3.63) is 63.7 Å². The third-order valence-electron chi connectivity index (χ3n) is 1.48. The Morgan fingerprint density at radius 3 is 2.00 bits per heavy atom. The van der Waals surface area contributed by atoms with Crippen molar-refractivity contribution in [1.29, 1.82) is 0 Å².